The number of hydrogen-bond acceptors (Lipinski definition) is 4. The van der Waals surface area contributed by atoms with Crippen LogP contribution in [0, 0.1) is 0 Å². The Labute approximate surface area is 115 Å². The van der Waals surface area contributed by atoms with Crippen molar-refractivity contribution < 1.29 is 14.3 Å². The summed E-state index contributed by atoms with van der Waals surface area (Å²) in [4.78, 5) is 25.3. The smallest absolute Gasteiger partial charge is 0.329 e. The highest BCUT2D eigenvalue weighted by atomic mass is 16.5. The minimum atomic E-state index is -0.561. The molecule has 0 spiro atoms. The Hall–Kier alpha value is -1.10. The van der Waals surface area contributed by atoms with Gasteiger partial charge in [-0.05, 0) is 25.8 Å². The minimum absolute atomic E-state index is 0.196. The first-order valence-electron chi connectivity index (χ1n) is 7.17. The molecular weight excluding hydrogens is 244 g/mol. The van der Waals surface area contributed by atoms with Crippen LogP contribution >= 0.6 is 0 Å². The largest absolute Gasteiger partial charge is 0.467 e. The summed E-state index contributed by atoms with van der Waals surface area (Å²) in [6, 6.07) is -0.0573. The molecule has 0 aromatic heterocycles. The Morgan fingerprint density at radius 3 is 2.68 bits per heavy atom. The van der Waals surface area contributed by atoms with Crippen molar-refractivity contribution >= 4 is 11.9 Å². The van der Waals surface area contributed by atoms with Crippen LogP contribution in [0.2, 0.25) is 0 Å². The lowest BCUT2D eigenvalue weighted by Crippen LogP contribution is -2.50. The standard InChI is InChI=1S/C14H26N2O3/c1-4-12-8-6-5-7-9-16(12)10-13(14(18)19-3)15-11(2)17/h12-13H,4-10H2,1-3H3,(H,15,17). The zero-order chi connectivity index (χ0) is 14.3. The molecule has 1 aliphatic rings. The molecule has 0 bridgehead atoms. The summed E-state index contributed by atoms with van der Waals surface area (Å²) < 4.78 is 4.77. The van der Waals surface area contributed by atoms with Crippen LogP contribution in [-0.4, -0.2) is 49.1 Å². The maximum atomic E-state index is 11.7. The number of hydrogen-bond donors (Lipinski definition) is 1. The van der Waals surface area contributed by atoms with Crippen molar-refractivity contribution in [2.75, 3.05) is 20.2 Å². The molecule has 1 saturated heterocycles. The van der Waals surface area contributed by atoms with E-state index in [1.165, 1.54) is 33.3 Å². The van der Waals surface area contributed by atoms with Gasteiger partial charge in [0.2, 0.25) is 5.91 Å². The summed E-state index contributed by atoms with van der Waals surface area (Å²) in [5, 5.41) is 2.69. The predicted molar refractivity (Wildman–Crippen MR) is 73.7 cm³/mol. The number of nitrogens with one attached hydrogen (secondary N) is 1. The third-order valence-electron chi connectivity index (χ3n) is 3.75. The Balaban J connectivity index is 2.68. The maximum Gasteiger partial charge on any atom is 0.329 e. The van der Waals surface area contributed by atoms with Gasteiger partial charge >= 0.3 is 5.97 Å². The molecule has 0 aliphatic carbocycles. The lowest BCUT2D eigenvalue weighted by Gasteiger charge is -2.31. The quantitative estimate of drug-likeness (QED) is 0.765. The van der Waals surface area contributed by atoms with Crippen molar-refractivity contribution in [2.45, 2.75) is 58.0 Å². The fraction of sp³-hybridized carbons (Fsp3) is 0.857. The van der Waals surface area contributed by atoms with Crippen LogP contribution in [0.3, 0.4) is 0 Å². The van der Waals surface area contributed by atoms with Crippen molar-refractivity contribution in [1.82, 2.24) is 10.2 Å². The van der Waals surface area contributed by atoms with Crippen molar-refractivity contribution in [1.29, 1.82) is 0 Å². The summed E-state index contributed by atoms with van der Waals surface area (Å²) >= 11 is 0. The van der Waals surface area contributed by atoms with E-state index in [-0.39, 0.29) is 11.9 Å². The highest BCUT2D eigenvalue weighted by Crippen LogP contribution is 2.19. The van der Waals surface area contributed by atoms with E-state index in [1.54, 1.807) is 0 Å². The first kappa shape index (κ1) is 16.0. The van der Waals surface area contributed by atoms with E-state index in [4.69, 9.17) is 4.74 Å². The Morgan fingerprint density at radius 2 is 2.11 bits per heavy atom. The van der Waals surface area contributed by atoms with Gasteiger partial charge in [-0.2, -0.15) is 0 Å². The van der Waals surface area contributed by atoms with Crippen LogP contribution in [0.1, 0.15) is 46.0 Å². The maximum absolute atomic E-state index is 11.7. The molecule has 1 amide bonds. The van der Waals surface area contributed by atoms with E-state index in [9.17, 15) is 9.59 Å². The second-order valence-electron chi connectivity index (χ2n) is 5.18. The monoisotopic (exact) mass is 270 g/mol. The number of nitrogens with zero attached hydrogens (tertiary/aromatic N) is 1. The molecule has 0 aromatic rings. The van der Waals surface area contributed by atoms with Crippen molar-refractivity contribution in [2.24, 2.45) is 0 Å². The molecule has 1 rings (SSSR count). The summed E-state index contributed by atoms with van der Waals surface area (Å²) in [7, 11) is 1.36. The van der Waals surface area contributed by atoms with Crippen LogP contribution in [0.15, 0.2) is 0 Å². The first-order chi connectivity index (χ1) is 9.08. The van der Waals surface area contributed by atoms with E-state index in [1.807, 2.05) is 0 Å². The number of esters is 1. The molecule has 2 unspecified atom stereocenters. The molecular formula is C14H26N2O3. The summed E-state index contributed by atoms with van der Waals surface area (Å²) in [5.74, 6) is -0.562. The fourth-order valence-electron chi connectivity index (χ4n) is 2.74. The van der Waals surface area contributed by atoms with Crippen LogP contribution in [0.4, 0.5) is 0 Å². The molecule has 0 saturated carbocycles. The van der Waals surface area contributed by atoms with Gasteiger partial charge in [0.15, 0.2) is 0 Å². The zero-order valence-corrected chi connectivity index (χ0v) is 12.3. The Kier molecular flexibility index (Phi) is 6.84. The molecule has 0 aromatic carbocycles. The van der Waals surface area contributed by atoms with Gasteiger partial charge in [0.05, 0.1) is 7.11 Å². The third kappa shape index (κ3) is 5.19. The molecule has 2 atom stereocenters. The molecule has 1 N–H and O–H groups in total. The molecule has 1 fully saturated rings. The number of likely N-dealkylation sites (tertiary alicyclic amines) is 1. The van der Waals surface area contributed by atoms with E-state index < -0.39 is 6.04 Å². The number of carbonyl (C=O) groups is 2. The Bertz CT molecular complexity index is 307. The van der Waals surface area contributed by atoms with E-state index in [2.05, 4.69) is 17.1 Å². The molecule has 1 heterocycles. The molecule has 5 nitrogen and oxygen atoms in total. The molecule has 5 heteroatoms. The van der Waals surface area contributed by atoms with Gasteiger partial charge in [-0.1, -0.05) is 19.8 Å². The van der Waals surface area contributed by atoms with Gasteiger partial charge in [-0.15, -0.1) is 0 Å². The third-order valence-corrected chi connectivity index (χ3v) is 3.75. The summed E-state index contributed by atoms with van der Waals surface area (Å²) in [6.45, 7) is 5.14. The second kappa shape index (κ2) is 8.15. The number of rotatable bonds is 5. The number of ether oxygens (including phenoxy) is 1. The number of amides is 1. The number of carbonyl (C=O) groups excluding carboxylic acids is 2. The van der Waals surface area contributed by atoms with Gasteiger partial charge < -0.3 is 10.1 Å². The van der Waals surface area contributed by atoms with Crippen LogP contribution in [-0.2, 0) is 14.3 Å². The first-order valence-corrected chi connectivity index (χ1v) is 7.17. The van der Waals surface area contributed by atoms with Crippen molar-refractivity contribution in [3.05, 3.63) is 0 Å². The highest BCUT2D eigenvalue weighted by Gasteiger charge is 2.27. The Morgan fingerprint density at radius 1 is 1.37 bits per heavy atom. The molecule has 0 radical (unpaired) electrons. The van der Waals surface area contributed by atoms with Crippen LogP contribution < -0.4 is 5.32 Å². The normalized spacial score (nSPS) is 22.4. The van der Waals surface area contributed by atoms with E-state index in [0.29, 0.717) is 12.6 Å². The molecule has 19 heavy (non-hydrogen) atoms. The van der Waals surface area contributed by atoms with Gasteiger partial charge in [0.1, 0.15) is 6.04 Å². The summed E-state index contributed by atoms with van der Waals surface area (Å²) in [6.07, 6.45) is 5.90. The lowest BCUT2D eigenvalue weighted by molar-refractivity contribution is -0.145. The average molecular weight is 270 g/mol. The highest BCUT2D eigenvalue weighted by molar-refractivity contribution is 5.83. The number of methoxy groups -OCH3 is 1. The lowest BCUT2D eigenvalue weighted by atomic mass is 10.1. The SMILES string of the molecule is CCC1CCCCCN1CC(NC(C)=O)C(=O)OC. The predicted octanol–water partition coefficient (Wildman–Crippen LogP) is 1.32. The van der Waals surface area contributed by atoms with E-state index in [0.717, 1.165) is 19.4 Å². The van der Waals surface area contributed by atoms with Gasteiger partial charge in [0.25, 0.3) is 0 Å². The average Bonchev–Trinajstić information content (AvgIpc) is 2.61. The fourth-order valence-corrected chi connectivity index (χ4v) is 2.74. The van der Waals surface area contributed by atoms with Gasteiger partial charge in [0, 0.05) is 19.5 Å². The topological polar surface area (TPSA) is 58.6 Å². The van der Waals surface area contributed by atoms with Crippen LogP contribution in [0.25, 0.3) is 0 Å². The van der Waals surface area contributed by atoms with Crippen LogP contribution in [0.5, 0.6) is 0 Å². The van der Waals surface area contributed by atoms with E-state index >= 15 is 0 Å². The zero-order valence-electron chi connectivity index (χ0n) is 12.3. The second-order valence-corrected chi connectivity index (χ2v) is 5.18. The van der Waals surface area contributed by atoms with Gasteiger partial charge in [-0.25, -0.2) is 4.79 Å². The van der Waals surface area contributed by atoms with Gasteiger partial charge in [-0.3, -0.25) is 9.69 Å². The minimum Gasteiger partial charge on any atom is -0.467 e. The van der Waals surface area contributed by atoms with Crippen molar-refractivity contribution in [3.63, 3.8) is 0 Å². The molecule has 1 aliphatic heterocycles. The van der Waals surface area contributed by atoms with Crippen molar-refractivity contribution in [3.8, 4) is 0 Å². The molecule has 110 valence electrons. The summed E-state index contributed by atoms with van der Waals surface area (Å²) in [5.41, 5.74) is 0.